The van der Waals surface area contributed by atoms with Gasteiger partial charge >= 0.3 is 0 Å². The Morgan fingerprint density at radius 1 is 0.368 bits per heavy atom. The van der Waals surface area contributed by atoms with Gasteiger partial charge in [-0.1, -0.05) is 146 Å². The lowest BCUT2D eigenvalue weighted by Crippen LogP contribution is -2.27. The van der Waals surface area contributed by atoms with Crippen molar-refractivity contribution < 1.29 is 27.8 Å². The molecule has 0 radical (unpaired) electrons. The van der Waals surface area contributed by atoms with Gasteiger partial charge in [0.2, 0.25) is 0 Å². The average Bonchev–Trinajstić information content (AvgIpc) is 3.35. The summed E-state index contributed by atoms with van der Waals surface area (Å²) in [5.74, 6) is -3.00. The molecule has 0 saturated heterocycles. The Morgan fingerprint density at radius 3 is 1.09 bits per heavy atom. The SMILES string of the molecule is Oc1c(C=N[C@@H]2CCCC[C@H]2N=Cc2cc3ccccc3c(-c3c(-c4c(F)cccc4F)ccc4ccccc34)c2O)cc2ccccc2c1-c1c(-c2c(F)cccc2F)ccc2ccccc12. The van der Waals surface area contributed by atoms with Gasteiger partial charge in [-0.2, -0.15) is 0 Å². The molecule has 0 bridgehead atoms. The molecule has 1 saturated carbocycles. The van der Waals surface area contributed by atoms with Gasteiger partial charge in [0.05, 0.1) is 23.2 Å². The molecule has 11 rings (SSSR count). The topological polar surface area (TPSA) is 65.2 Å². The first-order valence-electron chi connectivity index (χ1n) is 22.7. The van der Waals surface area contributed by atoms with Crippen LogP contribution in [0.15, 0.2) is 180 Å². The summed E-state index contributed by atoms with van der Waals surface area (Å²) in [5.41, 5.74) is 3.01. The Morgan fingerprint density at radius 2 is 0.706 bits per heavy atom. The second kappa shape index (κ2) is 17.6. The maximum Gasteiger partial charge on any atom is 0.133 e. The van der Waals surface area contributed by atoms with E-state index in [1.807, 2.05) is 121 Å². The molecule has 0 amide bonds. The highest BCUT2D eigenvalue weighted by atomic mass is 19.1. The largest absolute Gasteiger partial charge is 0.507 e. The molecule has 8 heteroatoms. The summed E-state index contributed by atoms with van der Waals surface area (Å²) in [6, 6.07) is 48.3. The molecule has 0 spiro atoms. The highest BCUT2D eigenvalue weighted by Gasteiger charge is 2.27. The van der Waals surface area contributed by atoms with Crippen molar-refractivity contribution in [2.45, 2.75) is 37.8 Å². The summed E-state index contributed by atoms with van der Waals surface area (Å²) >= 11 is 0. The molecule has 0 unspecified atom stereocenters. The van der Waals surface area contributed by atoms with E-state index in [2.05, 4.69) is 0 Å². The quantitative estimate of drug-likeness (QED) is 0.118. The molecule has 0 aliphatic heterocycles. The molecule has 10 aromatic rings. The van der Waals surface area contributed by atoms with Crippen LogP contribution in [0.25, 0.3) is 87.6 Å². The van der Waals surface area contributed by atoms with E-state index in [1.165, 1.54) is 36.4 Å². The maximum atomic E-state index is 15.6. The predicted octanol–water partition coefficient (Wildman–Crippen LogP) is 15.8. The van der Waals surface area contributed by atoms with Crippen molar-refractivity contribution in [2.24, 2.45) is 9.98 Å². The number of phenolic OH excluding ortho intramolecular Hbond substituents is 2. The van der Waals surface area contributed by atoms with Crippen LogP contribution in [0.2, 0.25) is 0 Å². The van der Waals surface area contributed by atoms with E-state index >= 15 is 17.6 Å². The van der Waals surface area contributed by atoms with Crippen molar-refractivity contribution in [3.8, 4) is 56.0 Å². The molecule has 2 N–H and O–H groups in total. The van der Waals surface area contributed by atoms with Gasteiger partial charge < -0.3 is 10.2 Å². The van der Waals surface area contributed by atoms with Gasteiger partial charge in [0, 0.05) is 45.8 Å². The van der Waals surface area contributed by atoms with Crippen molar-refractivity contribution >= 4 is 55.5 Å². The lowest BCUT2D eigenvalue weighted by atomic mass is 9.85. The zero-order valence-corrected chi connectivity index (χ0v) is 36.6. The second-order valence-electron chi connectivity index (χ2n) is 17.4. The maximum absolute atomic E-state index is 15.6. The number of aliphatic imine (C=N–C) groups is 2. The number of benzene rings is 10. The monoisotopic (exact) mass is 898 g/mol. The Kier molecular flexibility index (Phi) is 11.0. The third kappa shape index (κ3) is 7.42. The van der Waals surface area contributed by atoms with E-state index in [0.717, 1.165) is 58.0 Å². The van der Waals surface area contributed by atoms with Crippen LogP contribution >= 0.6 is 0 Å². The number of phenols is 2. The molecule has 0 aromatic heterocycles. The summed E-state index contributed by atoms with van der Waals surface area (Å²) in [6.45, 7) is 0. The van der Waals surface area contributed by atoms with E-state index in [1.54, 1.807) is 24.6 Å². The summed E-state index contributed by atoms with van der Waals surface area (Å²) < 4.78 is 62.6. The first-order chi connectivity index (χ1) is 33.2. The summed E-state index contributed by atoms with van der Waals surface area (Å²) in [5, 5.41) is 31.0. The van der Waals surface area contributed by atoms with Crippen LogP contribution in [0.4, 0.5) is 17.6 Å². The fourth-order valence-electron chi connectivity index (χ4n) is 10.2. The number of rotatable bonds is 8. The van der Waals surface area contributed by atoms with Crippen molar-refractivity contribution in [3.05, 3.63) is 204 Å². The molecule has 10 aromatic carbocycles. The second-order valence-corrected chi connectivity index (χ2v) is 17.4. The lowest BCUT2D eigenvalue weighted by Gasteiger charge is -2.26. The van der Waals surface area contributed by atoms with Gasteiger partial charge in [0.1, 0.15) is 34.8 Å². The van der Waals surface area contributed by atoms with E-state index in [0.29, 0.717) is 55.3 Å². The normalized spacial score (nSPS) is 15.4. The number of nitrogens with zero attached hydrogens (tertiary/aromatic N) is 2. The van der Waals surface area contributed by atoms with Crippen LogP contribution in [-0.4, -0.2) is 34.7 Å². The van der Waals surface area contributed by atoms with Crippen LogP contribution in [0.1, 0.15) is 36.8 Å². The first-order valence-corrected chi connectivity index (χ1v) is 22.7. The van der Waals surface area contributed by atoms with Gasteiger partial charge in [-0.3, -0.25) is 9.98 Å². The average molecular weight is 899 g/mol. The number of fused-ring (bicyclic) bond motifs is 4. The Hall–Kier alpha value is -8.10. The van der Waals surface area contributed by atoms with Gasteiger partial charge in [0.15, 0.2) is 0 Å². The fraction of sp³-hybridized carbons (Fsp3) is 0.100. The predicted molar refractivity (Wildman–Crippen MR) is 269 cm³/mol. The first kappa shape index (κ1) is 42.5. The van der Waals surface area contributed by atoms with E-state index < -0.39 is 23.3 Å². The lowest BCUT2D eigenvalue weighted by molar-refractivity contribution is 0.390. The minimum Gasteiger partial charge on any atom is -0.507 e. The van der Waals surface area contributed by atoms with Gasteiger partial charge in [0.25, 0.3) is 0 Å². The van der Waals surface area contributed by atoms with Crippen LogP contribution in [0.3, 0.4) is 0 Å². The standard InChI is InChI=1S/C60H42F4N2O2/c61-47-21-11-22-48(62)55(47)45-29-27-35-13-1-5-17-41(35)53(45)57-43-19-7-3-15-37(43)31-39(59(57)67)33-65-51-25-9-10-26-52(51)66-34-40-32-38-16-4-8-20-44(38)58(60(40)68)54-42-18-6-2-14-36(42)28-30-46(54)56-49(63)23-12-24-50(56)64/h1-8,11-24,27-34,51-52,67-68H,9-10,25-26H2/t51-,52-/m1/s1. The van der Waals surface area contributed by atoms with Crippen molar-refractivity contribution in [3.63, 3.8) is 0 Å². The zero-order chi connectivity index (χ0) is 46.5. The van der Waals surface area contributed by atoms with E-state index in [4.69, 9.17) is 9.98 Å². The Bertz CT molecular complexity index is 3410. The van der Waals surface area contributed by atoms with Crippen molar-refractivity contribution in [1.29, 1.82) is 0 Å². The molecule has 1 aliphatic rings. The third-order valence-electron chi connectivity index (χ3n) is 13.4. The van der Waals surface area contributed by atoms with Crippen molar-refractivity contribution in [1.82, 2.24) is 0 Å². The third-order valence-corrected chi connectivity index (χ3v) is 13.4. The molecular formula is C60H42F4N2O2. The van der Waals surface area contributed by atoms with Crippen molar-refractivity contribution in [2.75, 3.05) is 0 Å². The van der Waals surface area contributed by atoms with Gasteiger partial charge in [-0.05, 0) is 103 Å². The number of hydrogen-bond donors (Lipinski definition) is 2. The summed E-state index contributed by atoms with van der Waals surface area (Å²) in [7, 11) is 0. The molecule has 1 fully saturated rings. The number of hydrogen-bond acceptors (Lipinski definition) is 4. The van der Waals surface area contributed by atoms with E-state index in [9.17, 15) is 10.2 Å². The molecule has 4 nitrogen and oxygen atoms in total. The minimum absolute atomic E-state index is 0.0747. The minimum atomic E-state index is -0.712. The highest BCUT2D eigenvalue weighted by molar-refractivity contribution is 6.16. The van der Waals surface area contributed by atoms with Crippen LogP contribution in [0.5, 0.6) is 11.5 Å². The Labute approximate surface area is 389 Å². The molecule has 68 heavy (non-hydrogen) atoms. The molecular weight excluding hydrogens is 857 g/mol. The van der Waals surface area contributed by atoms with Gasteiger partial charge in [-0.25, -0.2) is 17.6 Å². The van der Waals surface area contributed by atoms with Crippen LogP contribution in [-0.2, 0) is 0 Å². The highest BCUT2D eigenvalue weighted by Crippen LogP contribution is 2.49. The number of aromatic hydroxyl groups is 2. The molecule has 2 atom stereocenters. The number of halogens is 4. The van der Waals surface area contributed by atoms with Crippen LogP contribution in [0, 0.1) is 23.3 Å². The molecule has 0 heterocycles. The summed E-state index contributed by atoms with van der Waals surface area (Å²) in [4.78, 5) is 10.2. The zero-order valence-electron chi connectivity index (χ0n) is 36.6. The summed E-state index contributed by atoms with van der Waals surface area (Å²) in [6.07, 6.45) is 6.63. The van der Waals surface area contributed by atoms with Crippen LogP contribution < -0.4 is 0 Å². The molecule has 1 aliphatic carbocycles. The smallest absolute Gasteiger partial charge is 0.133 e. The fourth-order valence-corrected chi connectivity index (χ4v) is 10.2. The molecule has 332 valence electrons. The van der Waals surface area contributed by atoms with Gasteiger partial charge in [-0.15, -0.1) is 0 Å². The Balaban J connectivity index is 1.02. The van der Waals surface area contributed by atoms with E-state index in [-0.39, 0.29) is 34.7 Å².